The third kappa shape index (κ3) is 5.30. The summed E-state index contributed by atoms with van der Waals surface area (Å²) in [4.78, 5) is 17.0. The van der Waals surface area contributed by atoms with Crippen LogP contribution in [0.25, 0.3) is 0 Å². The van der Waals surface area contributed by atoms with Gasteiger partial charge in [0.05, 0.1) is 13.2 Å². The van der Waals surface area contributed by atoms with Gasteiger partial charge in [-0.25, -0.2) is 4.57 Å². The SMILES string of the molecule is O=P(O)(O)O[C@H]([C@H](O)[C@H](O)CO)[C@H](O)CO. The van der Waals surface area contributed by atoms with Gasteiger partial charge < -0.3 is 35.3 Å². The van der Waals surface area contributed by atoms with Gasteiger partial charge in [-0.1, -0.05) is 0 Å². The summed E-state index contributed by atoms with van der Waals surface area (Å²) in [5.74, 6) is 0. The predicted molar refractivity (Wildman–Crippen MR) is 49.1 cm³/mol. The van der Waals surface area contributed by atoms with Crippen LogP contribution in [0.4, 0.5) is 0 Å². The van der Waals surface area contributed by atoms with Crippen molar-refractivity contribution in [2.45, 2.75) is 24.4 Å². The number of phosphoric acid groups is 1. The molecule has 0 saturated carbocycles. The molecule has 98 valence electrons. The summed E-state index contributed by atoms with van der Waals surface area (Å²) in [6, 6.07) is 0. The quantitative estimate of drug-likeness (QED) is 0.230. The van der Waals surface area contributed by atoms with Crippen molar-refractivity contribution in [3.05, 3.63) is 0 Å². The van der Waals surface area contributed by atoms with E-state index in [0.29, 0.717) is 0 Å². The van der Waals surface area contributed by atoms with Crippen LogP contribution in [0, 0.1) is 0 Å². The van der Waals surface area contributed by atoms with E-state index < -0.39 is 45.5 Å². The highest BCUT2D eigenvalue weighted by Gasteiger charge is 2.37. The second kappa shape index (κ2) is 6.60. The molecule has 0 rings (SSSR count). The molecule has 0 fully saturated rings. The summed E-state index contributed by atoms with van der Waals surface area (Å²) in [6.07, 6.45) is -7.46. The third-order valence-electron chi connectivity index (χ3n) is 1.74. The Kier molecular flexibility index (Phi) is 6.56. The first-order chi connectivity index (χ1) is 7.22. The molecule has 0 aliphatic carbocycles. The second-order valence-corrected chi connectivity index (χ2v) is 4.24. The van der Waals surface area contributed by atoms with Gasteiger partial charge in [-0.15, -0.1) is 0 Å². The van der Waals surface area contributed by atoms with Crippen LogP contribution in [0.3, 0.4) is 0 Å². The highest BCUT2D eigenvalue weighted by molar-refractivity contribution is 7.46. The maximum atomic E-state index is 10.5. The predicted octanol–water partition coefficient (Wildman–Crippen LogP) is -3.47. The van der Waals surface area contributed by atoms with Gasteiger partial charge in [0, 0.05) is 0 Å². The molecule has 0 radical (unpaired) electrons. The highest BCUT2D eigenvalue weighted by atomic mass is 31.2. The molecule has 0 spiro atoms. The Balaban J connectivity index is 4.73. The molecule has 10 heteroatoms. The Morgan fingerprint density at radius 2 is 1.44 bits per heavy atom. The molecule has 0 bridgehead atoms. The Hall–Kier alpha value is -0.0900. The number of phosphoric ester groups is 1. The lowest BCUT2D eigenvalue weighted by atomic mass is 10.0. The van der Waals surface area contributed by atoms with Gasteiger partial charge in [0.1, 0.15) is 24.4 Å². The van der Waals surface area contributed by atoms with E-state index in [9.17, 15) is 9.67 Å². The number of aliphatic hydroxyl groups excluding tert-OH is 5. The lowest BCUT2D eigenvalue weighted by molar-refractivity contribution is -0.119. The molecule has 0 aromatic carbocycles. The number of hydrogen-bond donors (Lipinski definition) is 7. The fourth-order valence-electron chi connectivity index (χ4n) is 0.950. The largest absolute Gasteiger partial charge is 0.470 e. The lowest BCUT2D eigenvalue weighted by Gasteiger charge is -2.28. The van der Waals surface area contributed by atoms with Crippen LogP contribution in [0.15, 0.2) is 0 Å². The topological polar surface area (TPSA) is 168 Å². The maximum Gasteiger partial charge on any atom is 0.470 e. The Labute approximate surface area is 90.8 Å². The molecule has 9 nitrogen and oxygen atoms in total. The minimum atomic E-state index is -5.02. The van der Waals surface area contributed by atoms with Crippen molar-refractivity contribution in [3.63, 3.8) is 0 Å². The van der Waals surface area contributed by atoms with Gasteiger partial charge in [0.25, 0.3) is 0 Å². The van der Waals surface area contributed by atoms with E-state index in [1.54, 1.807) is 0 Å². The molecule has 0 aliphatic heterocycles. The number of rotatable bonds is 7. The fourth-order valence-corrected chi connectivity index (χ4v) is 1.53. The average Bonchev–Trinajstić information content (AvgIpc) is 2.21. The number of hydrogen-bond acceptors (Lipinski definition) is 7. The van der Waals surface area contributed by atoms with E-state index in [1.165, 1.54) is 0 Å². The molecule has 0 aromatic rings. The van der Waals surface area contributed by atoms with E-state index in [0.717, 1.165) is 0 Å². The van der Waals surface area contributed by atoms with Crippen molar-refractivity contribution in [3.8, 4) is 0 Å². The van der Waals surface area contributed by atoms with Gasteiger partial charge in [0.15, 0.2) is 0 Å². The summed E-state index contributed by atoms with van der Waals surface area (Å²) in [5, 5.41) is 44.5. The molecule has 7 N–H and O–H groups in total. The van der Waals surface area contributed by atoms with Gasteiger partial charge in [-0.2, -0.15) is 0 Å². The van der Waals surface area contributed by atoms with Crippen LogP contribution in [0.1, 0.15) is 0 Å². The van der Waals surface area contributed by atoms with Crippen molar-refractivity contribution in [1.82, 2.24) is 0 Å². The molecule has 0 heterocycles. The van der Waals surface area contributed by atoms with Crippen LogP contribution in [0.5, 0.6) is 0 Å². The van der Waals surface area contributed by atoms with E-state index in [1.807, 2.05) is 0 Å². The average molecular weight is 262 g/mol. The first-order valence-corrected chi connectivity index (χ1v) is 5.75. The zero-order valence-corrected chi connectivity index (χ0v) is 9.01. The van der Waals surface area contributed by atoms with Crippen molar-refractivity contribution >= 4 is 7.82 Å². The molecule has 4 atom stereocenters. The molecule has 0 unspecified atom stereocenters. The van der Waals surface area contributed by atoms with E-state index in [4.69, 9.17) is 30.2 Å². The van der Waals surface area contributed by atoms with Gasteiger partial charge in [-0.05, 0) is 0 Å². The first-order valence-electron chi connectivity index (χ1n) is 4.22. The van der Waals surface area contributed by atoms with Crippen molar-refractivity contribution in [2.24, 2.45) is 0 Å². The minimum absolute atomic E-state index is 0.902. The Morgan fingerprint density at radius 3 is 1.75 bits per heavy atom. The number of aliphatic hydroxyl groups is 5. The van der Waals surface area contributed by atoms with E-state index >= 15 is 0 Å². The van der Waals surface area contributed by atoms with Gasteiger partial charge >= 0.3 is 7.82 Å². The molecule has 0 aromatic heterocycles. The summed E-state index contributed by atoms with van der Waals surface area (Å²) in [5.41, 5.74) is 0. The summed E-state index contributed by atoms with van der Waals surface area (Å²) >= 11 is 0. The summed E-state index contributed by atoms with van der Waals surface area (Å²) < 4.78 is 14.5. The lowest BCUT2D eigenvalue weighted by Crippen LogP contribution is -2.48. The fraction of sp³-hybridized carbons (Fsp3) is 1.00. The molecule has 0 aliphatic rings. The van der Waals surface area contributed by atoms with Gasteiger partial charge in [0.2, 0.25) is 0 Å². The monoisotopic (exact) mass is 262 g/mol. The molecular weight excluding hydrogens is 247 g/mol. The molecule has 0 amide bonds. The van der Waals surface area contributed by atoms with Crippen molar-refractivity contribution < 1.29 is 44.4 Å². The van der Waals surface area contributed by atoms with E-state index in [2.05, 4.69) is 4.52 Å². The van der Waals surface area contributed by atoms with Crippen molar-refractivity contribution in [1.29, 1.82) is 0 Å². The van der Waals surface area contributed by atoms with Crippen LogP contribution in [-0.2, 0) is 9.09 Å². The smallest absolute Gasteiger partial charge is 0.394 e. The van der Waals surface area contributed by atoms with Crippen LogP contribution >= 0.6 is 7.82 Å². The van der Waals surface area contributed by atoms with Crippen molar-refractivity contribution in [2.75, 3.05) is 13.2 Å². The zero-order valence-electron chi connectivity index (χ0n) is 8.12. The van der Waals surface area contributed by atoms with Crippen LogP contribution in [0.2, 0.25) is 0 Å². The van der Waals surface area contributed by atoms with Crippen LogP contribution < -0.4 is 0 Å². The zero-order chi connectivity index (χ0) is 12.9. The van der Waals surface area contributed by atoms with Gasteiger partial charge in [-0.3, -0.25) is 4.52 Å². The van der Waals surface area contributed by atoms with E-state index in [-0.39, 0.29) is 0 Å². The summed E-state index contributed by atoms with van der Waals surface area (Å²) in [7, 11) is -5.02. The Bertz CT molecular complexity index is 240. The second-order valence-electron chi connectivity index (χ2n) is 3.05. The third-order valence-corrected chi connectivity index (χ3v) is 2.26. The standard InChI is InChI=1S/C6H15O9P/c7-1-3(9)5(11)6(4(10)2-8)15-16(12,13)14/h3-11H,1-2H2,(H2,12,13,14)/t3-,4-,5-,6+/m1/s1. The maximum absolute atomic E-state index is 10.5. The Morgan fingerprint density at radius 1 is 1.00 bits per heavy atom. The molecule has 0 saturated heterocycles. The minimum Gasteiger partial charge on any atom is -0.394 e. The van der Waals surface area contributed by atoms with Crippen LogP contribution in [-0.4, -0.2) is 72.9 Å². The highest BCUT2D eigenvalue weighted by Crippen LogP contribution is 2.39. The molecular formula is C6H15O9P. The normalized spacial score (nSPS) is 20.2. The first kappa shape index (κ1) is 15.9. The summed E-state index contributed by atoms with van der Waals surface area (Å²) in [6.45, 7) is -1.85. The molecule has 16 heavy (non-hydrogen) atoms.